The third-order valence-electron chi connectivity index (χ3n) is 6.68. The first kappa shape index (κ1) is 21.2. The number of fused-ring (bicyclic) bond motifs is 2. The Kier molecular flexibility index (Phi) is 5.14. The molecule has 5 nitrogen and oxygen atoms in total. The minimum Gasteiger partial charge on any atom is -0.508 e. The number of phenolic OH excluding ortho intramolecular Hbond substituents is 1. The first-order chi connectivity index (χ1) is 17.1. The van der Waals surface area contributed by atoms with Gasteiger partial charge in [0, 0.05) is 23.5 Å². The molecule has 0 amide bonds. The molecule has 0 fully saturated rings. The van der Waals surface area contributed by atoms with Crippen molar-refractivity contribution in [2.75, 3.05) is 5.32 Å². The maximum absolute atomic E-state index is 13.5. The van der Waals surface area contributed by atoms with Crippen molar-refractivity contribution in [1.82, 2.24) is 4.98 Å². The molecule has 3 aromatic rings. The van der Waals surface area contributed by atoms with E-state index in [0.29, 0.717) is 23.6 Å². The number of carbonyl (C=O) groups excluding carboxylic acids is 1. The number of carbonyl (C=O) groups is 1. The first-order valence-electron chi connectivity index (χ1n) is 11.6. The molecule has 6 heteroatoms. The van der Waals surface area contributed by atoms with Crippen molar-refractivity contribution in [1.29, 1.82) is 0 Å². The van der Waals surface area contributed by atoms with Crippen LogP contribution in [0.4, 0.5) is 10.2 Å². The van der Waals surface area contributed by atoms with Crippen molar-refractivity contribution in [2.45, 2.75) is 18.9 Å². The Morgan fingerprint density at radius 2 is 1.86 bits per heavy atom. The number of nitrogens with zero attached hydrogens (tertiary/aromatic N) is 2. The number of aromatic hydroxyl groups is 1. The molecule has 0 spiro atoms. The molecule has 2 heterocycles. The number of hydrogen-bond donors (Lipinski definition) is 2. The van der Waals surface area contributed by atoms with Crippen LogP contribution in [0.2, 0.25) is 0 Å². The van der Waals surface area contributed by atoms with E-state index < -0.39 is 6.04 Å². The summed E-state index contributed by atoms with van der Waals surface area (Å²) in [5.74, 6) is 0.701. The summed E-state index contributed by atoms with van der Waals surface area (Å²) in [5, 5.41) is 13.1. The van der Waals surface area contributed by atoms with E-state index in [4.69, 9.17) is 4.98 Å². The third kappa shape index (κ3) is 3.87. The lowest BCUT2D eigenvalue weighted by atomic mass is 9.83. The van der Waals surface area contributed by atoms with Crippen LogP contribution in [0.3, 0.4) is 0 Å². The predicted octanol–water partition coefficient (Wildman–Crippen LogP) is 5.01. The zero-order valence-corrected chi connectivity index (χ0v) is 18.9. The van der Waals surface area contributed by atoms with E-state index >= 15 is 0 Å². The number of aromatic nitrogens is 2. The minimum absolute atomic E-state index is 0.0889. The number of anilines is 1. The third-order valence-corrected chi connectivity index (χ3v) is 6.68. The van der Waals surface area contributed by atoms with Crippen LogP contribution in [-0.4, -0.2) is 22.0 Å². The van der Waals surface area contributed by atoms with E-state index in [0.717, 1.165) is 23.1 Å². The Labute approximate surface area is 202 Å². The second-order valence-electron chi connectivity index (χ2n) is 8.96. The highest BCUT2D eigenvalue weighted by molar-refractivity contribution is 5.89. The summed E-state index contributed by atoms with van der Waals surface area (Å²) in [5.41, 5.74) is 5.18. The fraction of sp³-hybridized carbons (Fsp3) is 0.138. The molecular formula is C29H23FN3O2+. The smallest absolute Gasteiger partial charge is 0.359 e. The fourth-order valence-electron chi connectivity index (χ4n) is 4.89. The summed E-state index contributed by atoms with van der Waals surface area (Å²) in [6, 6.07) is 12.5. The lowest BCUT2D eigenvalue weighted by molar-refractivity contribution is -0.552. The molecule has 1 aromatic heterocycles. The number of halogens is 1. The summed E-state index contributed by atoms with van der Waals surface area (Å²) in [6.07, 6.45) is 15.7. The van der Waals surface area contributed by atoms with E-state index in [-0.39, 0.29) is 23.4 Å². The second kappa shape index (κ2) is 8.47. The first-order valence-corrected chi connectivity index (χ1v) is 11.6. The number of rotatable bonds is 4. The van der Waals surface area contributed by atoms with Crippen molar-refractivity contribution in [3.63, 3.8) is 0 Å². The maximum atomic E-state index is 13.5. The highest BCUT2D eigenvalue weighted by atomic mass is 19.1. The van der Waals surface area contributed by atoms with Gasteiger partial charge in [-0.2, -0.15) is 4.57 Å². The van der Waals surface area contributed by atoms with Gasteiger partial charge in [-0.25, -0.2) is 14.2 Å². The van der Waals surface area contributed by atoms with Gasteiger partial charge in [0.25, 0.3) is 0 Å². The van der Waals surface area contributed by atoms with E-state index in [1.165, 1.54) is 17.7 Å². The molecule has 1 aliphatic heterocycles. The summed E-state index contributed by atoms with van der Waals surface area (Å²) in [7, 11) is 0. The molecule has 0 saturated heterocycles. The summed E-state index contributed by atoms with van der Waals surface area (Å²) < 4.78 is 15.0. The number of benzene rings is 2. The molecule has 6 rings (SSSR count). The van der Waals surface area contributed by atoms with Gasteiger partial charge in [-0.3, -0.25) is 5.32 Å². The molecule has 172 valence electrons. The molecule has 0 saturated carbocycles. The SMILES string of the molecule is O=C1C(Cc2ccc(F)cc2)Nc2c(C3=C4C=CC=CC4CC=C3)nc(-c3ccc(O)cc3)c[n+]21. The van der Waals surface area contributed by atoms with E-state index in [1.807, 2.05) is 6.08 Å². The van der Waals surface area contributed by atoms with Gasteiger partial charge in [0.05, 0.1) is 0 Å². The molecule has 0 bridgehead atoms. The van der Waals surface area contributed by atoms with Crippen LogP contribution in [0, 0.1) is 11.7 Å². The van der Waals surface area contributed by atoms with Crippen LogP contribution in [0.5, 0.6) is 5.75 Å². The quantitative estimate of drug-likeness (QED) is 0.533. The topological polar surface area (TPSA) is 66.1 Å². The van der Waals surface area contributed by atoms with Gasteiger partial charge in [-0.1, -0.05) is 48.6 Å². The van der Waals surface area contributed by atoms with E-state index in [2.05, 4.69) is 35.7 Å². The summed E-state index contributed by atoms with van der Waals surface area (Å²) in [6.45, 7) is 0. The van der Waals surface area contributed by atoms with Gasteiger partial charge in [0.1, 0.15) is 23.5 Å². The molecule has 3 aliphatic rings. The zero-order valence-electron chi connectivity index (χ0n) is 18.9. The van der Waals surface area contributed by atoms with Crippen LogP contribution in [-0.2, 0) is 6.42 Å². The Morgan fingerprint density at radius 3 is 2.66 bits per heavy atom. The standard InChI is InChI=1S/C29H22FN3O2/c30-21-12-8-18(9-13-21)16-25-29(35)33-17-26(20-10-14-22(34)15-11-20)31-27(28(33)32-25)24-7-3-5-19-4-1-2-6-23(19)24/h1-4,6-15,17,19,25,34H,5,16H2/p+1. The number of allylic oxidation sites excluding steroid dienone is 8. The predicted molar refractivity (Wildman–Crippen MR) is 132 cm³/mol. The van der Waals surface area contributed by atoms with Gasteiger partial charge in [0.15, 0.2) is 11.7 Å². The minimum atomic E-state index is -0.494. The number of nitrogens with one attached hydrogen (secondary N) is 1. The fourth-order valence-corrected chi connectivity index (χ4v) is 4.89. The van der Waals surface area contributed by atoms with Gasteiger partial charge in [-0.15, -0.1) is 0 Å². The van der Waals surface area contributed by atoms with Crippen LogP contribution in [0.25, 0.3) is 16.8 Å². The average molecular weight is 465 g/mol. The van der Waals surface area contributed by atoms with Crippen LogP contribution in [0.1, 0.15) is 22.5 Å². The van der Waals surface area contributed by atoms with Gasteiger partial charge < -0.3 is 5.11 Å². The largest absolute Gasteiger partial charge is 0.508 e. The molecule has 35 heavy (non-hydrogen) atoms. The number of phenols is 1. The molecule has 0 radical (unpaired) electrons. The molecule has 2 unspecified atom stereocenters. The lowest BCUT2D eigenvalue weighted by Gasteiger charge is -2.22. The molecule has 2 atom stereocenters. The van der Waals surface area contributed by atoms with Crippen molar-refractivity contribution in [3.8, 4) is 17.0 Å². The van der Waals surface area contributed by atoms with Crippen LogP contribution >= 0.6 is 0 Å². The van der Waals surface area contributed by atoms with Crippen molar-refractivity contribution in [3.05, 3.63) is 114 Å². The van der Waals surface area contributed by atoms with Crippen molar-refractivity contribution >= 4 is 17.3 Å². The number of hydrogen-bond acceptors (Lipinski definition) is 4. The molecular weight excluding hydrogens is 441 g/mol. The van der Waals surface area contributed by atoms with Gasteiger partial charge >= 0.3 is 11.7 Å². The van der Waals surface area contributed by atoms with Crippen LogP contribution < -0.4 is 9.88 Å². The highest BCUT2D eigenvalue weighted by Gasteiger charge is 2.42. The second-order valence-corrected chi connectivity index (χ2v) is 8.96. The van der Waals surface area contributed by atoms with Gasteiger partial charge in [-0.05, 0) is 54.0 Å². The molecule has 2 aromatic carbocycles. The highest BCUT2D eigenvalue weighted by Crippen LogP contribution is 2.38. The van der Waals surface area contributed by atoms with Crippen molar-refractivity contribution in [2.24, 2.45) is 5.92 Å². The Bertz CT molecular complexity index is 1450. The normalized spacial score (nSPS) is 20.1. The Hall–Kier alpha value is -4.32. The summed E-state index contributed by atoms with van der Waals surface area (Å²) >= 11 is 0. The summed E-state index contributed by atoms with van der Waals surface area (Å²) in [4.78, 5) is 18.5. The Morgan fingerprint density at radius 1 is 1.06 bits per heavy atom. The average Bonchev–Trinajstić information content (AvgIpc) is 3.20. The lowest BCUT2D eigenvalue weighted by Crippen LogP contribution is -2.44. The molecule has 2 aliphatic carbocycles. The monoisotopic (exact) mass is 464 g/mol. The maximum Gasteiger partial charge on any atom is 0.359 e. The van der Waals surface area contributed by atoms with E-state index in [9.17, 15) is 14.3 Å². The van der Waals surface area contributed by atoms with E-state index in [1.54, 1.807) is 47.2 Å². The van der Waals surface area contributed by atoms with Crippen molar-refractivity contribution < 1.29 is 18.9 Å². The zero-order chi connectivity index (χ0) is 23.9. The van der Waals surface area contributed by atoms with Crippen LogP contribution in [0.15, 0.2) is 96.8 Å². The molecule has 2 N–H and O–H groups in total. The van der Waals surface area contributed by atoms with Gasteiger partial charge in [0.2, 0.25) is 0 Å². The Balaban J connectivity index is 1.48.